The molecule has 0 radical (unpaired) electrons. The van der Waals surface area contributed by atoms with E-state index in [9.17, 15) is 9.59 Å². The number of hydrogen-bond donors (Lipinski definition) is 0. The normalized spacial score (nSPS) is 15.1. The van der Waals surface area contributed by atoms with Crippen molar-refractivity contribution in [2.75, 3.05) is 47.5 Å². The Morgan fingerprint density at radius 1 is 0.971 bits per heavy atom. The summed E-state index contributed by atoms with van der Waals surface area (Å²) in [7, 11) is 4.62. The molecule has 35 heavy (non-hydrogen) atoms. The van der Waals surface area contributed by atoms with Crippen molar-refractivity contribution in [2.24, 2.45) is 0 Å². The van der Waals surface area contributed by atoms with E-state index in [0.717, 1.165) is 26.1 Å². The topological polar surface area (TPSA) is 81.5 Å². The molecule has 186 valence electrons. The van der Waals surface area contributed by atoms with E-state index in [1.165, 1.54) is 7.11 Å². The van der Waals surface area contributed by atoms with E-state index in [1.807, 2.05) is 0 Å². The van der Waals surface area contributed by atoms with E-state index in [0.29, 0.717) is 45.9 Å². The van der Waals surface area contributed by atoms with Gasteiger partial charge in [0.05, 0.1) is 38.3 Å². The highest BCUT2D eigenvalue weighted by Crippen LogP contribution is 2.45. The molecule has 0 saturated carbocycles. The number of hydrogen-bond acceptors (Lipinski definition) is 7. The van der Waals surface area contributed by atoms with E-state index in [4.69, 9.17) is 18.6 Å². The first kappa shape index (κ1) is 24.6. The molecule has 0 aliphatic carbocycles. The fourth-order valence-electron chi connectivity index (χ4n) is 4.81. The average Bonchev–Trinajstić information content (AvgIpc) is 3.17. The maximum atomic E-state index is 13.7. The number of carbonyl (C=O) groups excluding carboxylic acids is 1. The molecule has 1 amide bonds. The van der Waals surface area contributed by atoms with Gasteiger partial charge in [0.25, 0.3) is 5.91 Å². The summed E-state index contributed by atoms with van der Waals surface area (Å²) in [4.78, 5) is 31.3. The third kappa shape index (κ3) is 4.34. The first-order valence-corrected chi connectivity index (χ1v) is 11.9. The Balaban J connectivity index is 1.87. The largest absolute Gasteiger partial charge is 0.493 e. The number of rotatable bonds is 10. The predicted octanol–water partition coefficient (Wildman–Crippen LogP) is 4.10. The highest BCUT2D eigenvalue weighted by atomic mass is 16.5. The van der Waals surface area contributed by atoms with Crippen molar-refractivity contribution in [1.82, 2.24) is 9.80 Å². The van der Waals surface area contributed by atoms with Crippen LogP contribution in [0.1, 0.15) is 48.0 Å². The second-order valence-corrected chi connectivity index (χ2v) is 8.41. The quantitative estimate of drug-likeness (QED) is 0.432. The van der Waals surface area contributed by atoms with Crippen LogP contribution in [0.5, 0.6) is 17.2 Å². The minimum absolute atomic E-state index is 0.0929. The average molecular weight is 481 g/mol. The van der Waals surface area contributed by atoms with Gasteiger partial charge in [-0.3, -0.25) is 9.59 Å². The lowest BCUT2D eigenvalue weighted by Crippen LogP contribution is -2.33. The smallest absolute Gasteiger partial charge is 0.290 e. The van der Waals surface area contributed by atoms with Gasteiger partial charge in [-0.15, -0.1) is 0 Å². The molecule has 0 fully saturated rings. The number of benzene rings is 2. The fourth-order valence-corrected chi connectivity index (χ4v) is 4.81. The lowest BCUT2D eigenvalue weighted by Gasteiger charge is -2.27. The van der Waals surface area contributed by atoms with Crippen LogP contribution in [0.2, 0.25) is 0 Å². The number of carbonyl (C=O) groups is 1. The van der Waals surface area contributed by atoms with Crippen LogP contribution in [-0.2, 0) is 0 Å². The number of nitrogens with zero attached hydrogens (tertiary/aromatic N) is 2. The van der Waals surface area contributed by atoms with Crippen molar-refractivity contribution in [2.45, 2.75) is 26.3 Å². The number of fused-ring (bicyclic) bond motifs is 2. The molecule has 2 heterocycles. The lowest BCUT2D eigenvalue weighted by atomic mass is 9.97. The zero-order valence-corrected chi connectivity index (χ0v) is 20.9. The molecule has 8 heteroatoms. The van der Waals surface area contributed by atoms with Crippen LogP contribution in [-0.4, -0.2) is 63.2 Å². The molecule has 1 atom stereocenters. The van der Waals surface area contributed by atoms with Crippen LogP contribution in [0.4, 0.5) is 0 Å². The fraction of sp³-hybridized carbons (Fsp3) is 0.407. The minimum Gasteiger partial charge on any atom is -0.493 e. The molecule has 0 N–H and O–H groups in total. The van der Waals surface area contributed by atoms with Gasteiger partial charge in [0.2, 0.25) is 11.5 Å². The summed E-state index contributed by atoms with van der Waals surface area (Å²) in [5.41, 5.74) is 1.22. The van der Waals surface area contributed by atoms with Crippen molar-refractivity contribution in [1.29, 1.82) is 0 Å². The second kappa shape index (κ2) is 10.4. The van der Waals surface area contributed by atoms with Crippen molar-refractivity contribution in [3.05, 3.63) is 63.5 Å². The van der Waals surface area contributed by atoms with Crippen molar-refractivity contribution in [3.63, 3.8) is 0 Å². The number of para-hydroxylation sites is 1. The number of methoxy groups -OCH3 is 3. The summed E-state index contributed by atoms with van der Waals surface area (Å²) in [6.07, 6.45) is 0.760. The highest BCUT2D eigenvalue weighted by Gasteiger charge is 2.43. The Labute approximate surface area is 205 Å². The molecule has 1 aliphatic heterocycles. The Hall–Kier alpha value is -3.52. The van der Waals surface area contributed by atoms with E-state index in [1.54, 1.807) is 55.5 Å². The first-order chi connectivity index (χ1) is 17.0. The van der Waals surface area contributed by atoms with Crippen LogP contribution < -0.4 is 19.6 Å². The summed E-state index contributed by atoms with van der Waals surface area (Å²) in [6, 6.07) is 9.96. The predicted molar refractivity (Wildman–Crippen MR) is 134 cm³/mol. The Bertz CT molecular complexity index is 1260. The third-order valence-electron chi connectivity index (χ3n) is 6.64. The summed E-state index contributed by atoms with van der Waals surface area (Å²) < 4.78 is 22.6. The van der Waals surface area contributed by atoms with Gasteiger partial charge in [0, 0.05) is 6.54 Å². The van der Waals surface area contributed by atoms with Crippen LogP contribution >= 0.6 is 0 Å². The van der Waals surface area contributed by atoms with Gasteiger partial charge < -0.3 is 28.4 Å². The van der Waals surface area contributed by atoms with Crippen molar-refractivity contribution < 1.29 is 23.4 Å². The molecule has 0 bridgehead atoms. The van der Waals surface area contributed by atoms with E-state index in [2.05, 4.69) is 18.7 Å². The van der Waals surface area contributed by atoms with Gasteiger partial charge in [-0.2, -0.15) is 0 Å². The molecule has 3 aromatic rings. The van der Waals surface area contributed by atoms with Gasteiger partial charge in [-0.1, -0.05) is 26.0 Å². The van der Waals surface area contributed by atoms with Gasteiger partial charge in [-0.25, -0.2) is 0 Å². The molecule has 0 saturated heterocycles. The van der Waals surface area contributed by atoms with Crippen LogP contribution in [0.3, 0.4) is 0 Å². The van der Waals surface area contributed by atoms with Crippen molar-refractivity contribution >= 4 is 16.9 Å². The number of amides is 1. The van der Waals surface area contributed by atoms with Crippen LogP contribution in [0, 0.1) is 0 Å². The van der Waals surface area contributed by atoms with Crippen LogP contribution in [0.15, 0.2) is 45.6 Å². The molecular formula is C27H32N2O6. The summed E-state index contributed by atoms with van der Waals surface area (Å²) in [5, 5.41) is 0.446. The SMILES string of the molecule is CCN(CC)CCCN1C(=O)c2oc3ccccc3c(=O)c2[C@@H]1c1cc(OC)c(OC)c(OC)c1. The van der Waals surface area contributed by atoms with Gasteiger partial charge in [-0.05, 0) is 55.9 Å². The summed E-state index contributed by atoms with van der Waals surface area (Å²) in [6.45, 7) is 7.42. The number of ether oxygens (including phenoxy) is 3. The molecule has 1 aromatic heterocycles. The molecular weight excluding hydrogens is 448 g/mol. The molecule has 8 nitrogen and oxygen atoms in total. The monoisotopic (exact) mass is 480 g/mol. The lowest BCUT2D eigenvalue weighted by molar-refractivity contribution is 0.0719. The molecule has 0 spiro atoms. The maximum absolute atomic E-state index is 13.7. The Kier molecular flexibility index (Phi) is 7.31. The zero-order valence-electron chi connectivity index (χ0n) is 20.9. The van der Waals surface area contributed by atoms with E-state index >= 15 is 0 Å². The van der Waals surface area contributed by atoms with Crippen molar-refractivity contribution in [3.8, 4) is 17.2 Å². The zero-order chi connectivity index (χ0) is 25.1. The Morgan fingerprint density at radius 2 is 1.63 bits per heavy atom. The Morgan fingerprint density at radius 3 is 2.23 bits per heavy atom. The molecule has 2 aromatic carbocycles. The molecule has 0 unspecified atom stereocenters. The maximum Gasteiger partial charge on any atom is 0.290 e. The summed E-state index contributed by atoms with van der Waals surface area (Å²) >= 11 is 0. The standard InChI is InChI=1S/C27H32N2O6/c1-6-28(7-2)13-10-14-29-23(17-15-20(32-3)25(34-5)21(16-17)33-4)22-24(30)18-11-8-9-12-19(18)35-26(22)27(29)31/h8-9,11-12,15-16,23H,6-7,10,13-14H2,1-5H3/t23-/m0/s1. The highest BCUT2D eigenvalue weighted by molar-refractivity contribution is 5.99. The summed E-state index contributed by atoms with van der Waals surface area (Å²) in [5.74, 6) is 1.16. The van der Waals surface area contributed by atoms with Gasteiger partial charge in [0.15, 0.2) is 16.9 Å². The van der Waals surface area contributed by atoms with E-state index < -0.39 is 6.04 Å². The minimum atomic E-state index is -0.635. The van der Waals surface area contributed by atoms with Crippen LogP contribution in [0.25, 0.3) is 11.0 Å². The second-order valence-electron chi connectivity index (χ2n) is 8.41. The first-order valence-electron chi connectivity index (χ1n) is 11.9. The molecule has 1 aliphatic rings. The van der Waals surface area contributed by atoms with E-state index in [-0.39, 0.29) is 17.1 Å². The van der Waals surface area contributed by atoms with Gasteiger partial charge in [0.1, 0.15) is 5.58 Å². The molecule has 4 rings (SSSR count). The third-order valence-corrected chi connectivity index (χ3v) is 6.64. The van der Waals surface area contributed by atoms with Gasteiger partial charge >= 0.3 is 0 Å².